The van der Waals surface area contributed by atoms with Crippen LogP contribution in [0.1, 0.15) is 38.8 Å². The van der Waals surface area contributed by atoms with Gasteiger partial charge in [0.05, 0.1) is 4.92 Å². The lowest BCUT2D eigenvalue weighted by Crippen LogP contribution is -2.49. The Hall–Kier alpha value is -3.09. The highest BCUT2D eigenvalue weighted by molar-refractivity contribution is 5.77. The second-order valence-electron chi connectivity index (χ2n) is 8.20. The second-order valence-corrected chi connectivity index (χ2v) is 8.20. The Balaban J connectivity index is 1.73. The fourth-order valence-corrected chi connectivity index (χ4v) is 3.75. The van der Waals surface area contributed by atoms with Crippen LogP contribution in [0.15, 0.2) is 48.5 Å². The average molecular weight is 411 g/mol. The van der Waals surface area contributed by atoms with Gasteiger partial charge in [-0.1, -0.05) is 44.2 Å². The number of anilines is 2. The molecule has 1 heterocycles. The number of hydrogen-bond acceptors (Lipinski definition) is 5. The van der Waals surface area contributed by atoms with E-state index in [1.807, 2.05) is 48.2 Å². The van der Waals surface area contributed by atoms with E-state index >= 15 is 0 Å². The molecule has 0 spiro atoms. The lowest BCUT2D eigenvalue weighted by atomic mass is 10.1. The summed E-state index contributed by atoms with van der Waals surface area (Å²) in [7, 11) is 0. The summed E-state index contributed by atoms with van der Waals surface area (Å²) < 4.78 is 0. The first kappa shape index (κ1) is 21.6. The third kappa shape index (κ3) is 5.28. The van der Waals surface area contributed by atoms with Crippen LogP contribution >= 0.6 is 0 Å². The van der Waals surface area contributed by atoms with E-state index in [-0.39, 0.29) is 22.6 Å². The molecule has 160 valence electrons. The lowest BCUT2D eigenvalue weighted by Gasteiger charge is -2.36. The second kappa shape index (κ2) is 9.61. The molecule has 0 bridgehead atoms. The molecule has 1 N–H and O–H groups in total. The molecule has 7 nitrogen and oxygen atoms in total. The van der Waals surface area contributed by atoms with Gasteiger partial charge in [0.25, 0.3) is 5.69 Å². The summed E-state index contributed by atoms with van der Waals surface area (Å²) in [5.74, 6) is 0.554. The SMILES string of the molecule is CC(C)CC(=O)N1CCN(c2ccc([N+](=O)[O-])c(N[C@@H](C)c3ccccc3)c2)CC1. The molecule has 0 saturated carbocycles. The number of nitro benzene ring substituents is 1. The van der Waals surface area contributed by atoms with E-state index in [1.54, 1.807) is 12.1 Å². The van der Waals surface area contributed by atoms with Crippen molar-refractivity contribution < 1.29 is 9.72 Å². The zero-order valence-electron chi connectivity index (χ0n) is 17.9. The van der Waals surface area contributed by atoms with Crippen LogP contribution in [0.25, 0.3) is 0 Å². The molecule has 3 rings (SSSR count). The minimum atomic E-state index is -0.355. The van der Waals surface area contributed by atoms with Crippen molar-refractivity contribution in [3.63, 3.8) is 0 Å². The number of rotatable bonds is 7. The summed E-state index contributed by atoms with van der Waals surface area (Å²) in [5, 5.41) is 14.8. The third-order valence-electron chi connectivity index (χ3n) is 5.43. The summed E-state index contributed by atoms with van der Waals surface area (Å²) >= 11 is 0. The molecule has 1 atom stereocenters. The van der Waals surface area contributed by atoms with Gasteiger partial charge >= 0.3 is 0 Å². The Morgan fingerprint density at radius 1 is 1.07 bits per heavy atom. The molecule has 0 unspecified atom stereocenters. The highest BCUT2D eigenvalue weighted by Crippen LogP contribution is 2.32. The zero-order valence-corrected chi connectivity index (χ0v) is 17.9. The van der Waals surface area contributed by atoms with E-state index in [1.165, 1.54) is 0 Å². The molecule has 0 aliphatic carbocycles. The maximum atomic E-state index is 12.3. The number of amides is 1. The van der Waals surface area contributed by atoms with Crippen molar-refractivity contribution in [3.8, 4) is 0 Å². The predicted molar refractivity (Wildman–Crippen MR) is 120 cm³/mol. The van der Waals surface area contributed by atoms with Crippen molar-refractivity contribution in [2.24, 2.45) is 5.92 Å². The lowest BCUT2D eigenvalue weighted by molar-refractivity contribution is -0.384. The van der Waals surface area contributed by atoms with E-state index in [0.717, 1.165) is 24.3 Å². The minimum absolute atomic E-state index is 0.0623. The molecule has 1 aliphatic heterocycles. The van der Waals surface area contributed by atoms with E-state index in [9.17, 15) is 14.9 Å². The van der Waals surface area contributed by atoms with Crippen LogP contribution in [0.5, 0.6) is 0 Å². The maximum absolute atomic E-state index is 12.3. The van der Waals surface area contributed by atoms with Gasteiger partial charge in [0.1, 0.15) is 5.69 Å². The molecule has 0 radical (unpaired) electrons. The Morgan fingerprint density at radius 2 is 1.73 bits per heavy atom. The third-order valence-corrected chi connectivity index (χ3v) is 5.43. The first-order chi connectivity index (χ1) is 14.3. The molecule has 2 aromatic carbocycles. The van der Waals surface area contributed by atoms with Gasteiger partial charge in [-0.05, 0) is 30.5 Å². The van der Waals surface area contributed by atoms with Crippen LogP contribution in [0.2, 0.25) is 0 Å². The van der Waals surface area contributed by atoms with Gasteiger partial charge in [-0.2, -0.15) is 0 Å². The van der Waals surface area contributed by atoms with Crippen LogP contribution in [0, 0.1) is 16.0 Å². The molecule has 30 heavy (non-hydrogen) atoms. The quantitative estimate of drug-likeness (QED) is 0.538. The highest BCUT2D eigenvalue weighted by Gasteiger charge is 2.24. The predicted octanol–water partition coefficient (Wildman–Crippen LogP) is 4.46. The Morgan fingerprint density at radius 3 is 2.33 bits per heavy atom. The van der Waals surface area contributed by atoms with E-state index in [0.29, 0.717) is 31.1 Å². The van der Waals surface area contributed by atoms with Crippen LogP contribution in [0.3, 0.4) is 0 Å². The van der Waals surface area contributed by atoms with Gasteiger partial charge in [0.15, 0.2) is 0 Å². The minimum Gasteiger partial charge on any atom is -0.373 e. The highest BCUT2D eigenvalue weighted by atomic mass is 16.6. The van der Waals surface area contributed by atoms with Crippen LogP contribution < -0.4 is 10.2 Å². The molecule has 2 aromatic rings. The smallest absolute Gasteiger partial charge is 0.292 e. The van der Waals surface area contributed by atoms with Crippen molar-refractivity contribution in [2.75, 3.05) is 36.4 Å². The van der Waals surface area contributed by atoms with Gasteiger partial charge in [-0.15, -0.1) is 0 Å². The van der Waals surface area contributed by atoms with Gasteiger partial charge in [-0.3, -0.25) is 14.9 Å². The molecule has 1 amide bonds. The van der Waals surface area contributed by atoms with E-state index in [4.69, 9.17) is 0 Å². The largest absolute Gasteiger partial charge is 0.373 e. The van der Waals surface area contributed by atoms with Crippen molar-refractivity contribution in [2.45, 2.75) is 33.2 Å². The molecule has 1 saturated heterocycles. The summed E-state index contributed by atoms with van der Waals surface area (Å²) in [6.45, 7) is 8.87. The van der Waals surface area contributed by atoms with Crippen molar-refractivity contribution >= 4 is 23.0 Å². The number of nitrogens with one attached hydrogen (secondary N) is 1. The number of hydrogen-bond donors (Lipinski definition) is 1. The van der Waals surface area contributed by atoms with Crippen molar-refractivity contribution in [3.05, 3.63) is 64.2 Å². The molecular weight excluding hydrogens is 380 g/mol. The van der Waals surface area contributed by atoms with Gasteiger partial charge in [-0.25, -0.2) is 0 Å². The first-order valence-electron chi connectivity index (χ1n) is 10.5. The number of piperazine rings is 1. The molecule has 1 aliphatic rings. The van der Waals surface area contributed by atoms with Crippen molar-refractivity contribution in [1.82, 2.24) is 4.90 Å². The van der Waals surface area contributed by atoms with Crippen LogP contribution in [-0.2, 0) is 4.79 Å². The van der Waals surface area contributed by atoms with Crippen molar-refractivity contribution in [1.29, 1.82) is 0 Å². The summed E-state index contributed by atoms with van der Waals surface area (Å²) in [4.78, 5) is 27.6. The molecular formula is C23H30N4O3. The number of carbonyl (C=O) groups is 1. The fraction of sp³-hybridized carbons (Fsp3) is 0.435. The van der Waals surface area contributed by atoms with Gasteiger partial charge in [0.2, 0.25) is 5.91 Å². The van der Waals surface area contributed by atoms with Gasteiger partial charge < -0.3 is 15.1 Å². The molecule has 0 aromatic heterocycles. The molecule has 1 fully saturated rings. The topological polar surface area (TPSA) is 78.7 Å². The first-order valence-corrected chi connectivity index (χ1v) is 10.5. The number of nitro groups is 1. The number of nitrogens with zero attached hydrogens (tertiary/aromatic N) is 3. The summed E-state index contributed by atoms with van der Waals surface area (Å²) in [6.07, 6.45) is 0.572. The van der Waals surface area contributed by atoms with Gasteiger partial charge in [0, 0.05) is 50.4 Å². The fourth-order valence-electron chi connectivity index (χ4n) is 3.75. The standard InChI is InChI=1S/C23H30N4O3/c1-17(2)15-23(28)26-13-11-25(12-14-26)20-9-10-22(27(29)30)21(16-20)24-18(3)19-7-5-4-6-8-19/h4-10,16-18,24H,11-15H2,1-3H3/t18-/m0/s1. The number of benzene rings is 2. The summed E-state index contributed by atoms with van der Waals surface area (Å²) in [6, 6.07) is 15.0. The average Bonchev–Trinajstić information content (AvgIpc) is 2.73. The van der Waals surface area contributed by atoms with E-state index in [2.05, 4.69) is 24.1 Å². The normalized spacial score (nSPS) is 15.2. The maximum Gasteiger partial charge on any atom is 0.292 e. The van der Waals surface area contributed by atoms with Crippen LogP contribution in [0.4, 0.5) is 17.1 Å². The summed E-state index contributed by atoms with van der Waals surface area (Å²) in [5.41, 5.74) is 2.56. The van der Waals surface area contributed by atoms with Crippen LogP contribution in [-0.4, -0.2) is 41.9 Å². The molecule has 7 heteroatoms. The Labute approximate surface area is 177 Å². The zero-order chi connectivity index (χ0) is 21.7. The number of carbonyl (C=O) groups excluding carboxylic acids is 1. The Kier molecular flexibility index (Phi) is 6.92. The van der Waals surface area contributed by atoms with E-state index < -0.39 is 0 Å². The Bertz CT molecular complexity index is 877. The monoisotopic (exact) mass is 410 g/mol.